The Labute approximate surface area is 200 Å². The van der Waals surface area contributed by atoms with Gasteiger partial charge in [-0.1, -0.05) is 11.3 Å². The quantitative estimate of drug-likeness (QED) is 0.233. The lowest BCUT2D eigenvalue weighted by Crippen LogP contribution is -2.46. The monoisotopic (exact) mass is 483 g/mol. The maximum atomic E-state index is 10.8. The second kappa shape index (κ2) is 9.77. The molecule has 2 aliphatic rings. The van der Waals surface area contributed by atoms with Crippen molar-refractivity contribution in [3.05, 3.63) is 52.1 Å². The second-order valence-corrected chi connectivity index (χ2v) is 9.12. The van der Waals surface area contributed by atoms with E-state index in [9.17, 15) is 10.1 Å². The highest BCUT2D eigenvalue weighted by Crippen LogP contribution is 2.32. The van der Waals surface area contributed by atoms with Crippen molar-refractivity contribution in [2.45, 2.75) is 18.9 Å². The molecule has 1 unspecified atom stereocenters. The number of aromatic nitrogens is 2. The molecule has 3 aromatic rings. The zero-order valence-corrected chi connectivity index (χ0v) is 19.3. The molecule has 0 saturated carbocycles. The lowest BCUT2D eigenvalue weighted by Gasteiger charge is -2.35. The van der Waals surface area contributed by atoms with Gasteiger partial charge in [0.25, 0.3) is 0 Å². The van der Waals surface area contributed by atoms with Crippen LogP contribution in [0.5, 0.6) is 0 Å². The fourth-order valence-corrected chi connectivity index (χ4v) is 4.92. The molecule has 0 radical (unpaired) electrons. The zero-order valence-electron chi connectivity index (χ0n) is 18.5. The molecule has 34 heavy (non-hydrogen) atoms. The minimum absolute atomic E-state index is 0.191. The average molecular weight is 484 g/mol. The van der Waals surface area contributed by atoms with Gasteiger partial charge in [0.05, 0.1) is 18.7 Å². The van der Waals surface area contributed by atoms with E-state index >= 15 is 0 Å². The molecule has 0 aliphatic carbocycles. The summed E-state index contributed by atoms with van der Waals surface area (Å²) in [7, 11) is 0. The fourth-order valence-electron chi connectivity index (χ4n) is 4.06. The molecule has 2 saturated heterocycles. The zero-order chi connectivity index (χ0) is 23.5. The summed E-state index contributed by atoms with van der Waals surface area (Å²) in [5.41, 5.74) is 8.22. The molecule has 1 atom stereocenters. The summed E-state index contributed by atoms with van der Waals surface area (Å²) in [6.45, 7) is 4.68. The van der Waals surface area contributed by atoms with Gasteiger partial charge in [0, 0.05) is 44.0 Å². The van der Waals surface area contributed by atoms with Gasteiger partial charge in [-0.05, 0) is 43.2 Å². The predicted molar refractivity (Wildman–Crippen MR) is 130 cm³/mol. The molecular formula is C22H25N7O4S. The molecule has 11 nitrogen and oxygen atoms in total. The highest BCUT2D eigenvalue weighted by molar-refractivity contribution is 7.18. The van der Waals surface area contributed by atoms with Crippen LogP contribution in [0.3, 0.4) is 0 Å². The molecule has 1 aromatic carbocycles. The molecule has 2 aromatic heterocycles. The Kier molecular flexibility index (Phi) is 6.41. The van der Waals surface area contributed by atoms with Crippen molar-refractivity contribution in [2.75, 3.05) is 49.1 Å². The van der Waals surface area contributed by atoms with E-state index in [0.29, 0.717) is 23.1 Å². The molecule has 0 amide bonds. The lowest BCUT2D eigenvalue weighted by molar-refractivity contribution is -0.401. The van der Waals surface area contributed by atoms with Gasteiger partial charge in [-0.25, -0.2) is 0 Å². The summed E-state index contributed by atoms with van der Waals surface area (Å²) in [4.78, 5) is 19.2. The Balaban J connectivity index is 1.16. The molecule has 4 heterocycles. The maximum absolute atomic E-state index is 10.8. The summed E-state index contributed by atoms with van der Waals surface area (Å²) in [6, 6.07) is 11.0. The number of amidine groups is 1. The third-order valence-electron chi connectivity index (χ3n) is 5.96. The number of hydrogen-bond acceptors (Lipinski definition) is 10. The van der Waals surface area contributed by atoms with Crippen LogP contribution in [0.1, 0.15) is 18.4 Å². The number of nitrogens with two attached hydrogens (primary N) is 1. The Bertz CT molecular complexity index is 1160. The van der Waals surface area contributed by atoms with Crippen LogP contribution in [0.25, 0.3) is 10.8 Å². The Morgan fingerprint density at radius 1 is 1.15 bits per heavy atom. The minimum Gasteiger partial charge on any atom is -0.398 e. The molecule has 5 rings (SSSR count). The maximum Gasteiger partial charge on any atom is 0.433 e. The van der Waals surface area contributed by atoms with Crippen LogP contribution >= 0.6 is 11.3 Å². The van der Waals surface area contributed by atoms with Crippen LogP contribution in [0.15, 0.2) is 45.8 Å². The van der Waals surface area contributed by atoms with Gasteiger partial charge in [-0.15, -0.1) is 10.2 Å². The van der Waals surface area contributed by atoms with Gasteiger partial charge in [-0.2, -0.15) is 0 Å². The predicted octanol–water partition coefficient (Wildman–Crippen LogP) is 2.92. The molecule has 2 aliphatic heterocycles. The van der Waals surface area contributed by atoms with Crippen molar-refractivity contribution in [1.29, 1.82) is 0 Å². The summed E-state index contributed by atoms with van der Waals surface area (Å²) in [5, 5.41) is 20.5. The van der Waals surface area contributed by atoms with Gasteiger partial charge in [0.15, 0.2) is 10.8 Å². The van der Waals surface area contributed by atoms with Crippen molar-refractivity contribution in [2.24, 2.45) is 10.7 Å². The smallest absolute Gasteiger partial charge is 0.398 e. The van der Waals surface area contributed by atoms with Crippen molar-refractivity contribution in [3.8, 4) is 10.8 Å². The van der Waals surface area contributed by atoms with Crippen molar-refractivity contribution >= 4 is 33.9 Å². The normalized spacial score (nSPS) is 19.1. The molecule has 178 valence electrons. The molecule has 12 heteroatoms. The van der Waals surface area contributed by atoms with Gasteiger partial charge in [0.1, 0.15) is 10.8 Å². The van der Waals surface area contributed by atoms with Crippen LogP contribution in [0, 0.1) is 10.1 Å². The van der Waals surface area contributed by atoms with Crippen LogP contribution < -0.4 is 15.5 Å². The lowest BCUT2D eigenvalue weighted by atomic mass is 10.1. The number of nitrogens with zero attached hydrogens (tertiary/aromatic N) is 6. The largest absolute Gasteiger partial charge is 0.433 e. The van der Waals surface area contributed by atoms with E-state index in [1.165, 1.54) is 17.4 Å². The number of furan rings is 1. The van der Waals surface area contributed by atoms with Crippen LogP contribution in [-0.2, 0) is 4.74 Å². The first-order valence-corrected chi connectivity index (χ1v) is 12.0. The van der Waals surface area contributed by atoms with E-state index < -0.39 is 4.92 Å². The Hall–Kier alpha value is -3.51. The van der Waals surface area contributed by atoms with Crippen LogP contribution in [-0.4, -0.2) is 66.4 Å². The van der Waals surface area contributed by atoms with E-state index in [0.717, 1.165) is 62.0 Å². The number of rotatable bonds is 7. The van der Waals surface area contributed by atoms with E-state index in [1.807, 2.05) is 12.1 Å². The van der Waals surface area contributed by atoms with Crippen molar-refractivity contribution in [3.63, 3.8) is 0 Å². The average Bonchev–Trinajstić information content (AvgIpc) is 3.64. The van der Waals surface area contributed by atoms with Gasteiger partial charge in [0.2, 0.25) is 5.13 Å². The number of ether oxygens (including phenoxy) is 1. The Morgan fingerprint density at radius 3 is 2.59 bits per heavy atom. The highest BCUT2D eigenvalue weighted by atomic mass is 32.1. The second-order valence-electron chi connectivity index (χ2n) is 8.17. The summed E-state index contributed by atoms with van der Waals surface area (Å²) < 4.78 is 10.8. The standard InChI is InChI=1S/C22H25N7O4S/c23-20(24-14-17-2-1-13-32-17)15-3-5-16(6-4-15)27-9-11-28(12-10-27)22-26-25-21(34-22)18-7-8-19(33-18)29(30)31/h3-8,17H,1-2,9-14H2,(H2,23,24). The summed E-state index contributed by atoms with van der Waals surface area (Å²) in [6.07, 6.45) is 2.33. The SMILES string of the molecule is NC(=NCC1CCCO1)c1ccc(N2CCN(c3nnc(-c4ccc([N+](=O)[O-])o4)s3)CC2)cc1. The van der Waals surface area contributed by atoms with Crippen LogP contribution in [0.4, 0.5) is 16.7 Å². The molecule has 0 spiro atoms. The first kappa shape index (κ1) is 22.3. The third kappa shape index (κ3) is 4.87. The minimum atomic E-state index is -0.566. The number of benzene rings is 1. The number of aliphatic imine (C=N–C) groups is 1. The highest BCUT2D eigenvalue weighted by Gasteiger charge is 2.23. The van der Waals surface area contributed by atoms with Crippen LogP contribution in [0.2, 0.25) is 0 Å². The Morgan fingerprint density at radius 2 is 1.91 bits per heavy atom. The molecule has 2 fully saturated rings. The topological polar surface area (TPSA) is 136 Å². The summed E-state index contributed by atoms with van der Waals surface area (Å²) in [5.74, 6) is 0.593. The first-order chi connectivity index (χ1) is 16.6. The van der Waals surface area contributed by atoms with Gasteiger partial charge in [-0.3, -0.25) is 15.1 Å². The van der Waals surface area contributed by atoms with E-state index in [2.05, 4.69) is 37.1 Å². The summed E-state index contributed by atoms with van der Waals surface area (Å²) >= 11 is 1.37. The van der Waals surface area contributed by atoms with E-state index in [1.54, 1.807) is 6.07 Å². The number of hydrogen-bond donors (Lipinski definition) is 1. The molecular weight excluding hydrogens is 458 g/mol. The third-order valence-corrected chi connectivity index (χ3v) is 6.96. The van der Waals surface area contributed by atoms with Gasteiger partial charge < -0.3 is 24.7 Å². The van der Waals surface area contributed by atoms with Gasteiger partial charge >= 0.3 is 5.88 Å². The van der Waals surface area contributed by atoms with Crippen molar-refractivity contribution in [1.82, 2.24) is 10.2 Å². The number of anilines is 2. The van der Waals surface area contributed by atoms with Crippen molar-refractivity contribution < 1.29 is 14.1 Å². The first-order valence-electron chi connectivity index (χ1n) is 11.2. The number of piperazine rings is 1. The van der Waals surface area contributed by atoms with E-state index in [4.69, 9.17) is 14.9 Å². The fraction of sp³-hybridized carbons (Fsp3) is 0.409. The molecule has 2 N–H and O–H groups in total. The number of nitro groups is 1. The molecule has 0 bridgehead atoms. The van der Waals surface area contributed by atoms with E-state index in [-0.39, 0.29) is 12.0 Å².